The monoisotopic (exact) mass is 375 g/mol. The molecule has 5 nitrogen and oxygen atoms in total. The fourth-order valence-electron chi connectivity index (χ4n) is 2.18. The number of nitrogens with zero attached hydrogens (tertiary/aromatic N) is 2. The van der Waals surface area contributed by atoms with Gasteiger partial charge in [-0.15, -0.1) is 0 Å². The van der Waals surface area contributed by atoms with Gasteiger partial charge in [0.2, 0.25) is 5.88 Å². The van der Waals surface area contributed by atoms with Crippen molar-refractivity contribution in [1.29, 1.82) is 0 Å². The quantitative estimate of drug-likeness (QED) is 0.533. The SMILES string of the molecule is O=c1[nH]c(=S)n(-c2ccccc2Cl)c(O)c1C=Nc1ccc(F)cc1. The second kappa shape index (κ2) is 7.00. The molecule has 2 aromatic carbocycles. The molecule has 2 N–H and O–H groups in total. The van der Waals surface area contributed by atoms with Crippen molar-refractivity contribution in [2.24, 2.45) is 4.99 Å². The predicted molar refractivity (Wildman–Crippen MR) is 97.6 cm³/mol. The van der Waals surface area contributed by atoms with Crippen LogP contribution in [-0.4, -0.2) is 20.9 Å². The second-order valence-electron chi connectivity index (χ2n) is 5.02. The molecule has 0 spiro atoms. The van der Waals surface area contributed by atoms with Gasteiger partial charge >= 0.3 is 0 Å². The third-order valence-corrected chi connectivity index (χ3v) is 3.99. The minimum Gasteiger partial charge on any atom is -0.494 e. The zero-order chi connectivity index (χ0) is 18.0. The Morgan fingerprint density at radius 1 is 1.20 bits per heavy atom. The summed E-state index contributed by atoms with van der Waals surface area (Å²) in [5.41, 5.74) is 0.140. The third kappa shape index (κ3) is 3.52. The van der Waals surface area contributed by atoms with Crippen LogP contribution in [0.1, 0.15) is 5.56 Å². The van der Waals surface area contributed by atoms with E-state index < -0.39 is 17.3 Å². The minimum atomic E-state index is -0.600. The topological polar surface area (TPSA) is 70.4 Å². The summed E-state index contributed by atoms with van der Waals surface area (Å²) in [5.74, 6) is -0.792. The third-order valence-electron chi connectivity index (χ3n) is 3.38. The Balaban J connectivity index is 2.14. The van der Waals surface area contributed by atoms with E-state index >= 15 is 0 Å². The fraction of sp³-hybridized carbons (Fsp3) is 0. The number of aromatic amines is 1. The molecule has 0 atom stereocenters. The number of halogens is 2. The van der Waals surface area contributed by atoms with Crippen LogP contribution >= 0.6 is 23.8 Å². The number of nitrogens with one attached hydrogen (secondary N) is 1. The van der Waals surface area contributed by atoms with Gasteiger partial charge in [0.15, 0.2) is 4.77 Å². The summed E-state index contributed by atoms with van der Waals surface area (Å²) in [4.78, 5) is 18.7. The van der Waals surface area contributed by atoms with Crippen molar-refractivity contribution in [1.82, 2.24) is 9.55 Å². The van der Waals surface area contributed by atoms with E-state index in [1.54, 1.807) is 24.3 Å². The molecule has 0 aliphatic heterocycles. The van der Waals surface area contributed by atoms with Crippen LogP contribution in [0.2, 0.25) is 5.02 Å². The van der Waals surface area contributed by atoms with Gasteiger partial charge in [-0.25, -0.2) is 4.39 Å². The van der Waals surface area contributed by atoms with Gasteiger partial charge in [-0.05, 0) is 48.6 Å². The first kappa shape index (κ1) is 17.1. The normalized spacial score (nSPS) is 11.1. The van der Waals surface area contributed by atoms with Crippen LogP contribution < -0.4 is 5.56 Å². The highest BCUT2D eigenvalue weighted by Crippen LogP contribution is 2.25. The maximum absolute atomic E-state index is 12.9. The van der Waals surface area contributed by atoms with Crippen molar-refractivity contribution in [2.45, 2.75) is 0 Å². The standard InChI is InChI=1S/C17H11ClFN3O2S/c18-13-3-1-2-4-14(13)22-16(24)12(15(23)21-17(22)25)9-20-11-7-5-10(19)6-8-11/h1-9,24H,(H,21,23,25). The summed E-state index contributed by atoms with van der Waals surface area (Å²) in [6, 6.07) is 12.1. The van der Waals surface area contributed by atoms with Crippen molar-refractivity contribution in [3.8, 4) is 11.6 Å². The molecule has 0 aliphatic rings. The van der Waals surface area contributed by atoms with Crippen molar-refractivity contribution in [2.75, 3.05) is 0 Å². The number of rotatable bonds is 3. The van der Waals surface area contributed by atoms with Crippen molar-refractivity contribution in [3.05, 3.63) is 80.1 Å². The summed E-state index contributed by atoms with van der Waals surface area (Å²) in [6.07, 6.45) is 1.18. The molecule has 0 radical (unpaired) electrons. The second-order valence-corrected chi connectivity index (χ2v) is 5.81. The van der Waals surface area contributed by atoms with E-state index in [9.17, 15) is 14.3 Å². The molecule has 3 rings (SSSR count). The average molecular weight is 376 g/mol. The van der Waals surface area contributed by atoms with E-state index in [2.05, 4.69) is 9.98 Å². The minimum absolute atomic E-state index is 0.00506. The zero-order valence-electron chi connectivity index (χ0n) is 12.6. The molecule has 8 heteroatoms. The Morgan fingerprint density at radius 3 is 2.56 bits per heavy atom. The van der Waals surface area contributed by atoms with E-state index in [0.29, 0.717) is 16.4 Å². The molecule has 0 amide bonds. The lowest BCUT2D eigenvalue weighted by Gasteiger charge is -2.12. The smallest absolute Gasteiger partial charge is 0.264 e. The number of hydrogen-bond acceptors (Lipinski definition) is 4. The lowest BCUT2D eigenvalue weighted by Crippen LogP contribution is -2.18. The highest BCUT2D eigenvalue weighted by molar-refractivity contribution is 7.71. The molecule has 0 unspecified atom stereocenters. The van der Waals surface area contributed by atoms with E-state index in [1.165, 1.54) is 35.0 Å². The van der Waals surface area contributed by atoms with Gasteiger partial charge in [0, 0.05) is 6.21 Å². The van der Waals surface area contributed by atoms with E-state index in [1.807, 2.05) is 0 Å². The van der Waals surface area contributed by atoms with Crippen LogP contribution in [0.15, 0.2) is 58.3 Å². The number of aromatic nitrogens is 2. The summed E-state index contributed by atoms with van der Waals surface area (Å²) in [7, 11) is 0. The number of aromatic hydroxyl groups is 1. The molecular weight excluding hydrogens is 365 g/mol. The van der Waals surface area contributed by atoms with Gasteiger partial charge in [0.25, 0.3) is 5.56 Å². The fourth-order valence-corrected chi connectivity index (χ4v) is 2.68. The van der Waals surface area contributed by atoms with Crippen LogP contribution in [-0.2, 0) is 0 Å². The van der Waals surface area contributed by atoms with Crippen LogP contribution in [0.5, 0.6) is 5.88 Å². The first-order valence-corrected chi connectivity index (χ1v) is 7.89. The van der Waals surface area contributed by atoms with Gasteiger partial charge in [-0.1, -0.05) is 23.7 Å². The molecule has 0 saturated heterocycles. The summed E-state index contributed by atoms with van der Waals surface area (Å²) in [5, 5.41) is 10.9. The number of aliphatic imine (C=N–C) groups is 1. The summed E-state index contributed by atoms with van der Waals surface area (Å²) < 4.78 is 14.2. The molecule has 0 bridgehead atoms. The van der Waals surface area contributed by atoms with E-state index in [-0.39, 0.29) is 10.3 Å². The van der Waals surface area contributed by atoms with Crippen LogP contribution in [0.4, 0.5) is 10.1 Å². The summed E-state index contributed by atoms with van der Waals surface area (Å²) >= 11 is 11.3. The lowest BCUT2D eigenvalue weighted by molar-refractivity contribution is 0.432. The van der Waals surface area contributed by atoms with Gasteiger partial charge in [-0.3, -0.25) is 19.3 Å². The Kier molecular flexibility index (Phi) is 4.78. The largest absolute Gasteiger partial charge is 0.494 e. The Morgan fingerprint density at radius 2 is 1.88 bits per heavy atom. The highest BCUT2D eigenvalue weighted by atomic mass is 35.5. The Labute approximate surface area is 151 Å². The van der Waals surface area contributed by atoms with Crippen molar-refractivity contribution < 1.29 is 9.50 Å². The molecular formula is C17H11ClFN3O2S. The molecule has 3 aromatic rings. The van der Waals surface area contributed by atoms with Gasteiger partial charge < -0.3 is 5.11 Å². The Hall–Kier alpha value is -2.77. The van der Waals surface area contributed by atoms with Crippen LogP contribution in [0, 0.1) is 10.6 Å². The molecule has 25 heavy (non-hydrogen) atoms. The lowest BCUT2D eigenvalue weighted by atomic mass is 10.2. The number of hydrogen-bond donors (Lipinski definition) is 2. The zero-order valence-corrected chi connectivity index (χ0v) is 14.2. The molecule has 0 aliphatic carbocycles. The van der Waals surface area contributed by atoms with Crippen LogP contribution in [0.25, 0.3) is 5.69 Å². The first-order chi connectivity index (χ1) is 12.0. The molecule has 0 saturated carbocycles. The van der Waals surface area contributed by atoms with Gasteiger partial charge in [0.1, 0.15) is 11.4 Å². The maximum atomic E-state index is 12.9. The first-order valence-electron chi connectivity index (χ1n) is 7.10. The van der Waals surface area contributed by atoms with E-state index in [0.717, 1.165) is 0 Å². The van der Waals surface area contributed by atoms with Crippen LogP contribution in [0.3, 0.4) is 0 Å². The molecule has 126 valence electrons. The average Bonchev–Trinajstić information content (AvgIpc) is 2.57. The Bertz CT molecular complexity index is 1070. The predicted octanol–water partition coefficient (Wildman–Crippen LogP) is 4.14. The number of benzene rings is 2. The van der Waals surface area contributed by atoms with E-state index in [4.69, 9.17) is 23.8 Å². The maximum Gasteiger partial charge on any atom is 0.264 e. The van der Waals surface area contributed by atoms with Gasteiger partial charge in [-0.2, -0.15) is 0 Å². The highest BCUT2D eigenvalue weighted by Gasteiger charge is 2.14. The van der Waals surface area contributed by atoms with Crippen molar-refractivity contribution in [3.63, 3.8) is 0 Å². The van der Waals surface area contributed by atoms with Gasteiger partial charge in [0.05, 0.1) is 16.4 Å². The number of para-hydroxylation sites is 1. The number of H-pyrrole nitrogens is 1. The van der Waals surface area contributed by atoms with Crippen molar-refractivity contribution >= 4 is 35.7 Å². The molecule has 0 fully saturated rings. The molecule has 1 heterocycles. The molecule has 1 aromatic heterocycles. The summed E-state index contributed by atoms with van der Waals surface area (Å²) in [6.45, 7) is 0.